The molecule has 0 nitrogen and oxygen atoms in total. The van der Waals surface area contributed by atoms with Crippen molar-refractivity contribution in [3.63, 3.8) is 0 Å². The summed E-state index contributed by atoms with van der Waals surface area (Å²) in [7, 11) is 0. The van der Waals surface area contributed by atoms with Crippen LogP contribution in [-0.2, 0) is 0 Å². The van der Waals surface area contributed by atoms with Gasteiger partial charge in [0.2, 0.25) is 0 Å². The van der Waals surface area contributed by atoms with E-state index in [9.17, 15) is 0 Å². The fourth-order valence-corrected chi connectivity index (χ4v) is 3.84. The standard InChI is InChI=1S/C13H23Cl/c1-10-4-2-5-11(8-10)9-12-6-3-7-13(12)14/h10-13H,2-9H2,1H3. The smallest absolute Gasteiger partial charge is 0.0364 e. The Morgan fingerprint density at radius 1 is 1.07 bits per heavy atom. The molecule has 4 unspecified atom stereocenters. The molecular formula is C13H23Cl. The molecule has 0 aromatic heterocycles. The van der Waals surface area contributed by atoms with Gasteiger partial charge in [-0.05, 0) is 43.4 Å². The van der Waals surface area contributed by atoms with Gasteiger partial charge in [0, 0.05) is 5.38 Å². The van der Waals surface area contributed by atoms with Gasteiger partial charge in [-0.3, -0.25) is 0 Å². The third-order valence-electron chi connectivity index (χ3n) is 4.25. The fourth-order valence-electron chi connectivity index (χ4n) is 3.46. The summed E-state index contributed by atoms with van der Waals surface area (Å²) in [4.78, 5) is 0. The Labute approximate surface area is 93.4 Å². The molecule has 82 valence electrons. The fraction of sp³-hybridized carbons (Fsp3) is 1.00. The van der Waals surface area contributed by atoms with E-state index in [1.165, 1.54) is 51.4 Å². The van der Waals surface area contributed by atoms with E-state index >= 15 is 0 Å². The first-order valence-electron chi connectivity index (χ1n) is 6.39. The average molecular weight is 215 g/mol. The molecule has 2 aliphatic carbocycles. The van der Waals surface area contributed by atoms with Crippen LogP contribution in [0.25, 0.3) is 0 Å². The predicted octanol–water partition coefficient (Wildman–Crippen LogP) is 4.61. The van der Waals surface area contributed by atoms with Crippen LogP contribution in [0.15, 0.2) is 0 Å². The molecule has 0 bridgehead atoms. The van der Waals surface area contributed by atoms with Crippen LogP contribution >= 0.6 is 11.6 Å². The molecule has 0 aromatic rings. The van der Waals surface area contributed by atoms with E-state index in [-0.39, 0.29) is 0 Å². The van der Waals surface area contributed by atoms with Gasteiger partial charge in [-0.1, -0.05) is 32.6 Å². The highest BCUT2D eigenvalue weighted by Crippen LogP contribution is 2.39. The lowest BCUT2D eigenvalue weighted by molar-refractivity contribution is 0.240. The minimum absolute atomic E-state index is 0.507. The number of hydrogen-bond acceptors (Lipinski definition) is 0. The maximum Gasteiger partial charge on any atom is 0.0364 e. The largest absolute Gasteiger partial charge is 0.123 e. The molecule has 0 spiro atoms. The molecule has 0 N–H and O–H groups in total. The van der Waals surface area contributed by atoms with Crippen LogP contribution in [0.2, 0.25) is 0 Å². The Bertz CT molecular complexity index is 178. The van der Waals surface area contributed by atoms with Crippen molar-refractivity contribution in [2.24, 2.45) is 17.8 Å². The Morgan fingerprint density at radius 3 is 2.50 bits per heavy atom. The number of halogens is 1. The quantitative estimate of drug-likeness (QED) is 0.589. The summed E-state index contributed by atoms with van der Waals surface area (Å²) in [5.74, 6) is 2.83. The molecule has 2 fully saturated rings. The van der Waals surface area contributed by atoms with Gasteiger partial charge in [0.15, 0.2) is 0 Å². The van der Waals surface area contributed by atoms with E-state index in [1.807, 2.05) is 0 Å². The third-order valence-corrected chi connectivity index (χ3v) is 4.82. The first-order chi connectivity index (χ1) is 6.75. The molecule has 4 atom stereocenters. The molecule has 0 radical (unpaired) electrons. The van der Waals surface area contributed by atoms with E-state index < -0.39 is 0 Å². The zero-order valence-electron chi connectivity index (χ0n) is 9.34. The Morgan fingerprint density at radius 2 is 1.86 bits per heavy atom. The minimum Gasteiger partial charge on any atom is -0.123 e. The van der Waals surface area contributed by atoms with Gasteiger partial charge in [0.05, 0.1) is 0 Å². The molecule has 2 rings (SSSR count). The van der Waals surface area contributed by atoms with Crippen molar-refractivity contribution >= 4 is 11.6 Å². The van der Waals surface area contributed by atoms with Crippen molar-refractivity contribution in [2.45, 2.75) is 63.7 Å². The van der Waals surface area contributed by atoms with Gasteiger partial charge in [0.25, 0.3) is 0 Å². The maximum absolute atomic E-state index is 6.33. The zero-order valence-corrected chi connectivity index (χ0v) is 10.1. The normalized spacial score (nSPS) is 44.1. The highest BCUT2D eigenvalue weighted by molar-refractivity contribution is 6.20. The lowest BCUT2D eigenvalue weighted by Crippen LogP contribution is -2.18. The van der Waals surface area contributed by atoms with Crippen LogP contribution in [-0.4, -0.2) is 5.38 Å². The second kappa shape index (κ2) is 4.88. The average Bonchev–Trinajstić information content (AvgIpc) is 2.52. The van der Waals surface area contributed by atoms with E-state index in [1.54, 1.807) is 0 Å². The first-order valence-corrected chi connectivity index (χ1v) is 6.83. The molecule has 0 aromatic carbocycles. The van der Waals surface area contributed by atoms with Gasteiger partial charge >= 0.3 is 0 Å². The van der Waals surface area contributed by atoms with Gasteiger partial charge in [-0.25, -0.2) is 0 Å². The Kier molecular flexibility index (Phi) is 3.76. The van der Waals surface area contributed by atoms with Crippen LogP contribution in [0.4, 0.5) is 0 Å². The topological polar surface area (TPSA) is 0 Å². The molecule has 0 heterocycles. The predicted molar refractivity (Wildman–Crippen MR) is 62.7 cm³/mol. The number of hydrogen-bond donors (Lipinski definition) is 0. The van der Waals surface area contributed by atoms with Crippen molar-refractivity contribution < 1.29 is 0 Å². The van der Waals surface area contributed by atoms with Gasteiger partial charge in [-0.15, -0.1) is 11.6 Å². The summed E-state index contributed by atoms with van der Waals surface area (Å²) >= 11 is 6.33. The van der Waals surface area contributed by atoms with Crippen molar-refractivity contribution in [3.8, 4) is 0 Å². The Hall–Kier alpha value is 0.290. The van der Waals surface area contributed by atoms with Crippen LogP contribution in [0.3, 0.4) is 0 Å². The van der Waals surface area contributed by atoms with Gasteiger partial charge in [-0.2, -0.15) is 0 Å². The third kappa shape index (κ3) is 2.66. The molecule has 1 heteroatoms. The highest BCUT2D eigenvalue weighted by Gasteiger charge is 2.29. The van der Waals surface area contributed by atoms with E-state index in [0.717, 1.165) is 17.8 Å². The summed E-state index contributed by atoms with van der Waals surface area (Å²) in [5.41, 5.74) is 0. The first kappa shape index (κ1) is 10.8. The second-order valence-electron chi connectivity index (χ2n) is 5.58. The molecule has 2 saturated carbocycles. The molecule has 14 heavy (non-hydrogen) atoms. The zero-order chi connectivity index (χ0) is 9.97. The van der Waals surface area contributed by atoms with Crippen LogP contribution in [0, 0.1) is 17.8 Å². The van der Waals surface area contributed by atoms with Crippen LogP contribution in [0.1, 0.15) is 58.3 Å². The number of alkyl halides is 1. The van der Waals surface area contributed by atoms with Crippen molar-refractivity contribution in [2.75, 3.05) is 0 Å². The lowest BCUT2D eigenvalue weighted by atomic mass is 9.78. The lowest BCUT2D eigenvalue weighted by Gasteiger charge is -2.29. The van der Waals surface area contributed by atoms with Crippen LogP contribution < -0.4 is 0 Å². The summed E-state index contributed by atoms with van der Waals surface area (Å²) in [6.45, 7) is 2.42. The van der Waals surface area contributed by atoms with Gasteiger partial charge < -0.3 is 0 Å². The molecule has 2 aliphatic rings. The Balaban J connectivity index is 1.78. The maximum atomic E-state index is 6.33. The van der Waals surface area contributed by atoms with E-state index in [4.69, 9.17) is 11.6 Å². The van der Waals surface area contributed by atoms with Crippen molar-refractivity contribution in [3.05, 3.63) is 0 Å². The molecule has 0 aliphatic heterocycles. The SMILES string of the molecule is CC1CCCC(CC2CCCC2Cl)C1. The molecule has 0 amide bonds. The summed E-state index contributed by atoms with van der Waals surface area (Å²) in [6.07, 6.45) is 11.4. The van der Waals surface area contributed by atoms with E-state index in [2.05, 4.69) is 6.92 Å². The van der Waals surface area contributed by atoms with E-state index in [0.29, 0.717) is 5.38 Å². The molecule has 0 saturated heterocycles. The number of rotatable bonds is 2. The van der Waals surface area contributed by atoms with Gasteiger partial charge in [0.1, 0.15) is 0 Å². The van der Waals surface area contributed by atoms with Crippen LogP contribution in [0.5, 0.6) is 0 Å². The monoisotopic (exact) mass is 214 g/mol. The summed E-state index contributed by atoms with van der Waals surface area (Å²) in [5, 5.41) is 0.507. The second-order valence-corrected chi connectivity index (χ2v) is 6.14. The summed E-state index contributed by atoms with van der Waals surface area (Å²) < 4.78 is 0. The van der Waals surface area contributed by atoms with Crippen molar-refractivity contribution in [1.29, 1.82) is 0 Å². The summed E-state index contributed by atoms with van der Waals surface area (Å²) in [6, 6.07) is 0. The molecular weight excluding hydrogens is 192 g/mol. The highest BCUT2D eigenvalue weighted by atomic mass is 35.5. The minimum atomic E-state index is 0.507. The van der Waals surface area contributed by atoms with Crippen molar-refractivity contribution in [1.82, 2.24) is 0 Å².